The van der Waals surface area contributed by atoms with Gasteiger partial charge in [0.15, 0.2) is 11.5 Å². The standard InChI is InChI=1S/C30H28F3N5O4/c1-19-17-36(14-15-37(19)28(41)42)25(39)23-16-20(12-13-24(23)30(31,32)33)18-38-26(40)29(35-27(38)34,21-8-4-2-5-9-21)22-10-6-3-7-11-22/h2-13,16,19H,14-15,17-18H2,1H3,(H2,34,35)(H,41,42). The van der Waals surface area contributed by atoms with Crippen LogP contribution in [0.5, 0.6) is 0 Å². The lowest BCUT2D eigenvalue weighted by Gasteiger charge is -2.38. The van der Waals surface area contributed by atoms with E-state index in [1.807, 2.05) is 0 Å². The normalized spacial score (nSPS) is 18.7. The summed E-state index contributed by atoms with van der Waals surface area (Å²) in [5, 5.41) is 9.32. The summed E-state index contributed by atoms with van der Waals surface area (Å²) in [5.74, 6) is -1.47. The van der Waals surface area contributed by atoms with Gasteiger partial charge in [-0.1, -0.05) is 66.7 Å². The van der Waals surface area contributed by atoms with E-state index >= 15 is 0 Å². The second kappa shape index (κ2) is 10.8. The van der Waals surface area contributed by atoms with Crippen LogP contribution in [0.2, 0.25) is 0 Å². The van der Waals surface area contributed by atoms with Gasteiger partial charge in [0.1, 0.15) is 0 Å². The summed E-state index contributed by atoms with van der Waals surface area (Å²) in [6.45, 7) is 1.21. The number of guanidine groups is 1. The fourth-order valence-electron chi connectivity index (χ4n) is 5.53. The van der Waals surface area contributed by atoms with E-state index in [0.717, 1.165) is 17.0 Å². The molecule has 0 aromatic heterocycles. The maximum absolute atomic E-state index is 14.1. The Morgan fingerprint density at radius 3 is 2.12 bits per heavy atom. The third kappa shape index (κ3) is 5.04. The molecule has 2 aliphatic rings. The molecule has 2 aliphatic heterocycles. The molecule has 5 rings (SSSR count). The molecule has 0 aliphatic carbocycles. The number of nitrogens with zero attached hydrogens (tertiary/aromatic N) is 4. The number of carbonyl (C=O) groups excluding carboxylic acids is 2. The van der Waals surface area contributed by atoms with Crippen molar-refractivity contribution in [3.05, 3.63) is 107 Å². The van der Waals surface area contributed by atoms with Gasteiger partial charge in [0.25, 0.3) is 11.8 Å². The number of rotatable bonds is 5. The largest absolute Gasteiger partial charge is 0.465 e. The predicted octanol–water partition coefficient (Wildman–Crippen LogP) is 4.13. The second-order valence-corrected chi connectivity index (χ2v) is 10.3. The Morgan fingerprint density at radius 2 is 1.60 bits per heavy atom. The number of aliphatic imine (C=N–C) groups is 1. The highest BCUT2D eigenvalue weighted by Crippen LogP contribution is 2.40. The maximum atomic E-state index is 14.1. The molecule has 1 unspecified atom stereocenters. The number of alkyl halides is 3. The van der Waals surface area contributed by atoms with Crippen LogP contribution in [0.4, 0.5) is 18.0 Å². The zero-order valence-electron chi connectivity index (χ0n) is 22.6. The summed E-state index contributed by atoms with van der Waals surface area (Å²) < 4.78 is 42.0. The number of halogens is 3. The highest BCUT2D eigenvalue weighted by Gasteiger charge is 2.50. The van der Waals surface area contributed by atoms with Crippen molar-refractivity contribution in [1.29, 1.82) is 0 Å². The highest BCUT2D eigenvalue weighted by atomic mass is 19.4. The van der Waals surface area contributed by atoms with Crippen LogP contribution in [-0.4, -0.2) is 69.3 Å². The number of benzene rings is 3. The van der Waals surface area contributed by atoms with Gasteiger partial charge in [-0.3, -0.25) is 14.5 Å². The van der Waals surface area contributed by atoms with Crippen LogP contribution in [-0.2, 0) is 23.1 Å². The summed E-state index contributed by atoms with van der Waals surface area (Å²) in [4.78, 5) is 47.0. The van der Waals surface area contributed by atoms with Crippen molar-refractivity contribution >= 4 is 23.9 Å². The Morgan fingerprint density at radius 1 is 1.00 bits per heavy atom. The van der Waals surface area contributed by atoms with E-state index < -0.39 is 46.8 Å². The van der Waals surface area contributed by atoms with Gasteiger partial charge in [-0.15, -0.1) is 0 Å². The molecule has 2 heterocycles. The van der Waals surface area contributed by atoms with Gasteiger partial charge in [-0.25, -0.2) is 9.79 Å². The number of piperazine rings is 1. The molecule has 0 spiro atoms. The molecule has 218 valence electrons. The number of hydrogen-bond donors (Lipinski definition) is 2. The van der Waals surface area contributed by atoms with Gasteiger partial charge in [0, 0.05) is 25.7 Å². The van der Waals surface area contributed by atoms with Crippen LogP contribution >= 0.6 is 0 Å². The minimum absolute atomic E-state index is 0.0282. The average molecular weight is 580 g/mol. The molecule has 3 amide bonds. The number of carboxylic acid groups (broad SMARTS) is 1. The molecular weight excluding hydrogens is 551 g/mol. The molecule has 3 aromatic rings. The van der Waals surface area contributed by atoms with Gasteiger partial charge >= 0.3 is 12.3 Å². The minimum atomic E-state index is -4.82. The van der Waals surface area contributed by atoms with Crippen LogP contribution in [0, 0.1) is 0 Å². The van der Waals surface area contributed by atoms with Gasteiger partial charge < -0.3 is 20.6 Å². The van der Waals surface area contributed by atoms with Crippen LogP contribution < -0.4 is 5.73 Å². The zero-order valence-corrected chi connectivity index (χ0v) is 22.6. The Balaban J connectivity index is 1.49. The monoisotopic (exact) mass is 579 g/mol. The molecule has 0 radical (unpaired) electrons. The SMILES string of the molecule is CC1CN(C(=O)c2cc(CN3C(=O)C(c4ccccc4)(c4ccccc4)N=C3N)ccc2C(F)(F)F)CCN1C(=O)O. The topological polar surface area (TPSA) is 120 Å². The lowest BCUT2D eigenvalue weighted by Crippen LogP contribution is -2.55. The lowest BCUT2D eigenvalue weighted by atomic mass is 9.83. The summed E-state index contributed by atoms with van der Waals surface area (Å²) in [7, 11) is 0. The van der Waals surface area contributed by atoms with Crippen molar-refractivity contribution in [3.63, 3.8) is 0 Å². The van der Waals surface area contributed by atoms with E-state index in [-0.39, 0.29) is 37.7 Å². The zero-order chi connectivity index (χ0) is 30.2. The fourth-order valence-corrected chi connectivity index (χ4v) is 5.53. The molecule has 42 heavy (non-hydrogen) atoms. The molecule has 3 aromatic carbocycles. The Hall–Kier alpha value is -4.87. The van der Waals surface area contributed by atoms with Crippen molar-refractivity contribution in [2.24, 2.45) is 10.7 Å². The van der Waals surface area contributed by atoms with Crippen molar-refractivity contribution in [1.82, 2.24) is 14.7 Å². The summed E-state index contributed by atoms with van der Waals surface area (Å²) >= 11 is 0. The summed E-state index contributed by atoms with van der Waals surface area (Å²) in [5.41, 5.74) is 4.47. The van der Waals surface area contributed by atoms with Gasteiger partial charge in [0.2, 0.25) is 0 Å². The van der Waals surface area contributed by atoms with Crippen LogP contribution in [0.1, 0.15) is 39.5 Å². The molecule has 3 N–H and O–H groups in total. The smallest absolute Gasteiger partial charge is 0.417 e. The van der Waals surface area contributed by atoms with E-state index in [9.17, 15) is 32.7 Å². The maximum Gasteiger partial charge on any atom is 0.417 e. The molecule has 1 fully saturated rings. The first-order valence-corrected chi connectivity index (χ1v) is 13.2. The van der Waals surface area contributed by atoms with Gasteiger partial charge in [-0.2, -0.15) is 13.2 Å². The van der Waals surface area contributed by atoms with E-state index in [1.54, 1.807) is 67.6 Å². The Bertz CT molecular complexity index is 1510. The quantitative estimate of drug-likeness (QED) is 0.471. The summed E-state index contributed by atoms with van der Waals surface area (Å²) in [6, 6.07) is 20.2. The fraction of sp³-hybridized carbons (Fsp3) is 0.267. The summed E-state index contributed by atoms with van der Waals surface area (Å²) in [6.07, 6.45) is -5.98. The highest BCUT2D eigenvalue weighted by molar-refractivity contribution is 6.09. The van der Waals surface area contributed by atoms with E-state index in [1.165, 1.54) is 15.9 Å². The molecule has 9 nitrogen and oxygen atoms in total. The molecule has 12 heteroatoms. The first-order valence-electron chi connectivity index (χ1n) is 13.2. The van der Waals surface area contributed by atoms with Crippen molar-refractivity contribution < 1.29 is 32.7 Å². The van der Waals surface area contributed by atoms with E-state index in [0.29, 0.717) is 11.1 Å². The predicted molar refractivity (Wildman–Crippen MR) is 147 cm³/mol. The van der Waals surface area contributed by atoms with Crippen LogP contribution in [0.15, 0.2) is 83.9 Å². The number of nitrogens with two attached hydrogens (primary N) is 1. The first-order chi connectivity index (χ1) is 19.9. The molecule has 1 saturated heterocycles. The van der Waals surface area contributed by atoms with Gasteiger partial charge in [0.05, 0.1) is 17.7 Å². The van der Waals surface area contributed by atoms with Crippen molar-refractivity contribution in [2.75, 3.05) is 19.6 Å². The third-order valence-corrected chi connectivity index (χ3v) is 7.62. The molecular formula is C30H28F3N5O4. The van der Waals surface area contributed by atoms with Crippen LogP contribution in [0.3, 0.4) is 0 Å². The van der Waals surface area contributed by atoms with E-state index in [4.69, 9.17) is 5.73 Å². The van der Waals surface area contributed by atoms with Crippen molar-refractivity contribution in [3.8, 4) is 0 Å². The average Bonchev–Trinajstić information content (AvgIpc) is 3.22. The number of amides is 3. The van der Waals surface area contributed by atoms with Crippen LogP contribution in [0.25, 0.3) is 0 Å². The lowest BCUT2D eigenvalue weighted by molar-refractivity contribution is -0.138. The number of hydrogen-bond acceptors (Lipinski definition) is 5. The Labute approximate surface area is 239 Å². The molecule has 0 bridgehead atoms. The third-order valence-electron chi connectivity index (χ3n) is 7.62. The van der Waals surface area contributed by atoms with Gasteiger partial charge in [-0.05, 0) is 35.7 Å². The number of carbonyl (C=O) groups is 3. The first kappa shape index (κ1) is 28.7. The molecule has 0 saturated carbocycles. The van der Waals surface area contributed by atoms with Crippen molar-refractivity contribution in [2.45, 2.75) is 31.2 Å². The van der Waals surface area contributed by atoms with E-state index in [2.05, 4.69) is 4.99 Å². The Kier molecular flexibility index (Phi) is 7.40. The second-order valence-electron chi connectivity index (χ2n) is 10.3. The molecule has 1 atom stereocenters. The minimum Gasteiger partial charge on any atom is -0.465 e.